The van der Waals surface area contributed by atoms with Crippen molar-refractivity contribution in [2.45, 2.75) is 6.61 Å². The third-order valence-electron chi connectivity index (χ3n) is 2.88. The van der Waals surface area contributed by atoms with Crippen LogP contribution in [0.3, 0.4) is 0 Å². The van der Waals surface area contributed by atoms with Gasteiger partial charge in [0, 0.05) is 29.9 Å². The Morgan fingerprint density at radius 3 is 3.00 bits per heavy atom. The Labute approximate surface area is 102 Å². The number of carbonyl (C=O) groups excluding carboxylic acids is 1. The molecule has 1 aliphatic rings. The van der Waals surface area contributed by atoms with Gasteiger partial charge in [-0.3, -0.25) is 9.48 Å². The standard InChI is InChI=1S/C12H10FN3O2/c1-16-4-8-7-2-6(12(14)17)3-9(13)11(7)18-5-10(8)15-16/h2-4H,5H2,1H3,(H2,14,17). The SMILES string of the molecule is Cn1cc2c(n1)COc1c(F)cc(C(N)=O)cc1-2. The molecule has 1 aromatic carbocycles. The third-order valence-corrected chi connectivity index (χ3v) is 2.88. The number of hydrogen-bond donors (Lipinski definition) is 1. The van der Waals surface area contributed by atoms with Gasteiger partial charge >= 0.3 is 0 Å². The number of nitrogens with two attached hydrogens (primary N) is 1. The number of rotatable bonds is 1. The Kier molecular flexibility index (Phi) is 2.13. The number of aryl methyl sites for hydroxylation is 1. The Morgan fingerprint density at radius 2 is 2.28 bits per heavy atom. The van der Waals surface area contributed by atoms with Crippen molar-refractivity contribution >= 4 is 5.91 Å². The van der Waals surface area contributed by atoms with E-state index in [-0.39, 0.29) is 17.9 Å². The average Bonchev–Trinajstić information content (AvgIpc) is 2.69. The molecule has 0 spiro atoms. The molecule has 3 rings (SSSR count). The summed E-state index contributed by atoms with van der Waals surface area (Å²) in [5.74, 6) is -1.12. The van der Waals surface area contributed by atoms with Gasteiger partial charge in [-0.2, -0.15) is 5.10 Å². The quantitative estimate of drug-likeness (QED) is 0.823. The molecule has 0 unspecified atom stereocenters. The summed E-state index contributed by atoms with van der Waals surface area (Å²) in [5, 5.41) is 4.21. The van der Waals surface area contributed by atoms with E-state index >= 15 is 0 Å². The molecule has 6 heteroatoms. The van der Waals surface area contributed by atoms with E-state index in [1.165, 1.54) is 6.07 Å². The predicted octanol–water partition coefficient (Wildman–Crippen LogP) is 1.22. The summed E-state index contributed by atoms with van der Waals surface area (Å²) in [5.41, 5.74) is 7.28. The van der Waals surface area contributed by atoms with Gasteiger partial charge in [0.1, 0.15) is 12.3 Å². The van der Waals surface area contributed by atoms with Crippen molar-refractivity contribution in [3.8, 4) is 16.9 Å². The molecule has 0 saturated carbocycles. The minimum Gasteiger partial charge on any atom is -0.483 e. The Bertz CT molecular complexity index is 664. The molecule has 2 N–H and O–H groups in total. The molecule has 1 aromatic heterocycles. The van der Waals surface area contributed by atoms with E-state index in [4.69, 9.17) is 10.5 Å². The number of nitrogens with zero attached hydrogens (tertiary/aromatic N) is 2. The number of ether oxygens (including phenoxy) is 1. The van der Waals surface area contributed by atoms with Crippen LogP contribution in [0.2, 0.25) is 0 Å². The Morgan fingerprint density at radius 1 is 1.50 bits per heavy atom. The maximum absolute atomic E-state index is 13.8. The van der Waals surface area contributed by atoms with E-state index in [9.17, 15) is 9.18 Å². The van der Waals surface area contributed by atoms with Gasteiger partial charge < -0.3 is 10.5 Å². The van der Waals surface area contributed by atoms with Gasteiger partial charge in [-0.15, -0.1) is 0 Å². The minimum atomic E-state index is -0.673. The molecule has 92 valence electrons. The molecule has 1 aliphatic heterocycles. The van der Waals surface area contributed by atoms with Gasteiger partial charge in [0.05, 0.1) is 0 Å². The van der Waals surface area contributed by atoms with Gasteiger partial charge in [-0.1, -0.05) is 0 Å². The highest BCUT2D eigenvalue weighted by atomic mass is 19.1. The number of amides is 1. The summed E-state index contributed by atoms with van der Waals surface area (Å²) >= 11 is 0. The summed E-state index contributed by atoms with van der Waals surface area (Å²) in [7, 11) is 1.77. The van der Waals surface area contributed by atoms with Crippen LogP contribution in [-0.2, 0) is 13.7 Å². The zero-order valence-electron chi connectivity index (χ0n) is 9.61. The number of halogens is 1. The van der Waals surface area contributed by atoms with Crippen LogP contribution in [0.15, 0.2) is 18.3 Å². The van der Waals surface area contributed by atoms with Crippen LogP contribution in [-0.4, -0.2) is 15.7 Å². The molecule has 2 aromatic rings. The zero-order valence-corrected chi connectivity index (χ0v) is 9.61. The Balaban J connectivity index is 2.28. The highest BCUT2D eigenvalue weighted by Crippen LogP contribution is 2.39. The van der Waals surface area contributed by atoms with E-state index in [2.05, 4.69) is 5.10 Å². The average molecular weight is 247 g/mol. The maximum Gasteiger partial charge on any atom is 0.248 e. The van der Waals surface area contributed by atoms with Crippen molar-refractivity contribution in [3.63, 3.8) is 0 Å². The number of hydrogen-bond acceptors (Lipinski definition) is 3. The van der Waals surface area contributed by atoms with Crippen molar-refractivity contribution in [1.29, 1.82) is 0 Å². The fourth-order valence-corrected chi connectivity index (χ4v) is 2.09. The van der Waals surface area contributed by atoms with E-state index in [0.717, 1.165) is 11.6 Å². The summed E-state index contributed by atoms with van der Waals surface area (Å²) in [4.78, 5) is 11.2. The first-order valence-corrected chi connectivity index (χ1v) is 5.35. The lowest BCUT2D eigenvalue weighted by Crippen LogP contribution is -2.13. The van der Waals surface area contributed by atoms with Crippen molar-refractivity contribution in [2.24, 2.45) is 12.8 Å². The Hall–Kier alpha value is -2.37. The highest BCUT2D eigenvalue weighted by molar-refractivity contribution is 5.95. The first-order valence-electron chi connectivity index (χ1n) is 5.35. The normalized spacial score (nSPS) is 12.6. The second kappa shape index (κ2) is 3.56. The fourth-order valence-electron chi connectivity index (χ4n) is 2.09. The lowest BCUT2D eigenvalue weighted by atomic mass is 10.00. The fraction of sp³-hybridized carbons (Fsp3) is 0.167. The summed E-state index contributed by atoms with van der Waals surface area (Å²) in [6.45, 7) is 0.218. The second-order valence-corrected chi connectivity index (χ2v) is 4.15. The number of benzene rings is 1. The molecule has 0 saturated heterocycles. The summed E-state index contributed by atoms with van der Waals surface area (Å²) < 4.78 is 20.8. The van der Waals surface area contributed by atoms with Crippen LogP contribution in [0.4, 0.5) is 4.39 Å². The summed E-state index contributed by atoms with van der Waals surface area (Å²) in [6, 6.07) is 2.61. The van der Waals surface area contributed by atoms with Crippen LogP contribution in [0.5, 0.6) is 5.75 Å². The lowest BCUT2D eigenvalue weighted by molar-refractivity contribution is 0.0999. The maximum atomic E-state index is 13.8. The van der Waals surface area contributed by atoms with Crippen LogP contribution in [0.1, 0.15) is 16.1 Å². The predicted molar refractivity (Wildman–Crippen MR) is 61.5 cm³/mol. The van der Waals surface area contributed by atoms with Crippen LogP contribution >= 0.6 is 0 Å². The molecule has 5 nitrogen and oxygen atoms in total. The molecule has 2 heterocycles. The number of fused-ring (bicyclic) bond motifs is 3. The van der Waals surface area contributed by atoms with E-state index in [1.807, 2.05) is 0 Å². The molecule has 0 atom stereocenters. The molecule has 0 bridgehead atoms. The second-order valence-electron chi connectivity index (χ2n) is 4.15. The van der Waals surface area contributed by atoms with Crippen LogP contribution in [0.25, 0.3) is 11.1 Å². The van der Waals surface area contributed by atoms with E-state index < -0.39 is 11.7 Å². The zero-order chi connectivity index (χ0) is 12.9. The van der Waals surface area contributed by atoms with Gasteiger partial charge in [0.25, 0.3) is 0 Å². The van der Waals surface area contributed by atoms with E-state index in [1.54, 1.807) is 17.9 Å². The van der Waals surface area contributed by atoms with Crippen molar-refractivity contribution in [1.82, 2.24) is 9.78 Å². The number of aromatic nitrogens is 2. The lowest BCUT2D eigenvalue weighted by Gasteiger charge is -2.17. The first kappa shape index (κ1) is 10.8. The van der Waals surface area contributed by atoms with Gasteiger partial charge in [-0.05, 0) is 12.1 Å². The molecular formula is C12H10FN3O2. The van der Waals surface area contributed by atoms with Crippen molar-refractivity contribution in [2.75, 3.05) is 0 Å². The van der Waals surface area contributed by atoms with Gasteiger partial charge in [0.2, 0.25) is 5.91 Å². The molecular weight excluding hydrogens is 237 g/mol. The molecule has 0 aliphatic carbocycles. The van der Waals surface area contributed by atoms with Crippen LogP contribution in [0, 0.1) is 5.82 Å². The first-order chi connectivity index (χ1) is 8.56. The van der Waals surface area contributed by atoms with Crippen LogP contribution < -0.4 is 10.5 Å². The molecule has 1 amide bonds. The van der Waals surface area contributed by atoms with Gasteiger partial charge in [0.15, 0.2) is 11.6 Å². The molecule has 0 radical (unpaired) electrons. The third kappa shape index (κ3) is 1.46. The van der Waals surface area contributed by atoms with Crippen molar-refractivity contribution < 1.29 is 13.9 Å². The monoisotopic (exact) mass is 247 g/mol. The topological polar surface area (TPSA) is 70.1 Å². The number of primary amides is 1. The summed E-state index contributed by atoms with van der Waals surface area (Å²) in [6.07, 6.45) is 1.76. The molecule has 18 heavy (non-hydrogen) atoms. The largest absolute Gasteiger partial charge is 0.483 e. The van der Waals surface area contributed by atoms with Crippen molar-refractivity contribution in [3.05, 3.63) is 35.4 Å². The van der Waals surface area contributed by atoms with E-state index in [0.29, 0.717) is 11.3 Å². The highest BCUT2D eigenvalue weighted by Gasteiger charge is 2.24. The van der Waals surface area contributed by atoms with Gasteiger partial charge in [-0.25, -0.2) is 4.39 Å². The minimum absolute atomic E-state index is 0.117. The smallest absolute Gasteiger partial charge is 0.248 e. The molecule has 0 fully saturated rings. The number of carbonyl (C=O) groups is 1.